The number of aromatic nitrogens is 1. The van der Waals surface area contributed by atoms with E-state index in [0.717, 1.165) is 63.1 Å². The first-order valence-corrected chi connectivity index (χ1v) is 14.8. The van der Waals surface area contributed by atoms with Crippen LogP contribution in [0.25, 0.3) is 23.1 Å². The summed E-state index contributed by atoms with van der Waals surface area (Å²) in [6, 6.07) is 15.7. The van der Waals surface area contributed by atoms with Crippen LogP contribution in [0.5, 0.6) is 11.5 Å². The van der Waals surface area contributed by atoms with E-state index in [1.165, 1.54) is 5.56 Å². The van der Waals surface area contributed by atoms with Crippen molar-refractivity contribution >= 4 is 46.6 Å². The second kappa shape index (κ2) is 14.8. The molecule has 8 heteroatoms. The lowest BCUT2D eigenvalue weighted by Crippen LogP contribution is -2.08. The molecule has 0 radical (unpaired) electrons. The number of nitrogens with zero attached hydrogens (tertiary/aromatic N) is 1. The highest BCUT2D eigenvalue weighted by Gasteiger charge is 2.15. The maximum Gasteiger partial charge on any atom is 0.323 e. The van der Waals surface area contributed by atoms with Crippen LogP contribution in [0.2, 0.25) is 5.02 Å². The zero-order valence-corrected chi connectivity index (χ0v) is 25.6. The number of aliphatic carboxylic acids is 2. The summed E-state index contributed by atoms with van der Waals surface area (Å²) in [5, 5.41) is 19.9. The van der Waals surface area contributed by atoms with Crippen molar-refractivity contribution < 1.29 is 29.3 Å². The van der Waals surface area contributed by atoms with Gasteiger partial charge in [0.25, 0.3) is 0 Å². The van der Waals surface area contributed by atoms with Crippen molar-refractivity contribution in [2.75, 3.05) is 13.2 Å². The molecule has 43 heavy (non-hydrogen) atoms. The molecule has 3 aromatic carbocycles. The number of hydrogen-bond acceptors (Lipinski definition) is 4. The van der Waals surface area contributed by atoms with Crippen LogP contribution in [0, 0.1) is 20.8 Å². The van der Waals surface area contributed by atoms with Gasteiger partial charge >= 0.3 is 11.9 Å². The van der Waals surface area contributed by atoms with Gasteiger partial charge in [-0.2, -0.15) is 0 Å². The molecule has 226 valence electrons. The smallest absolute Gasteiger partial charge is 0.323 e. The van der Waals surface area contributed by atoms with E-state index in [2.05, 4.69) is 32.9 Å². The Morgan fingerprint density at radius 3 is 2.19 bits per heavy atom. The summed E-state index contributed by atoms with van der Waals surface area (Å²) in [5.74, 6) is -0.0610. The van der Waals surface area contributed by atoms with Gasteiger partial charge in [-0.3, -0.25) is 9.59 Å². The van der Waals surface area contributed by atoms with Crippen LogP contribution in [-0.2, 0) is 22.6 Å². The molecule has 2 N–H and O–H groups in total. The van der Waals surface area contributed by atoms with Gasteiger partial charge in [0.2, 0.25) is 0 Å². The topological polar surface area (TPSA) is 98.0 Å². The Hall–Kier alpha value is -4.23. The molecular weight excluding hydrogens is 566 g/mol. The molecule has 0 atom stereocenters. The van der Waals surface area contributed by atoms with Crippen LogP contribution < -0.4 is 9.47 Å². The average Bonchev–Trinajstić information content (AvgIpc) is 3.26. The lowest BCUT2D eigenvalue weighted by Gasteiger charge is -2.13. The second-order valence-corrected chi connectivity index (χ2v) is 11.3. The predicted octanol–water partition coefficient (Wildman–Crippen LogP) is 8.12. The van der Waals surface area contributed by atoms with Crippen molar-refractivity contribution in [3.05, 3.63) is 93.1 Å². The van der Waals surface area contributed by atoms with E-state index in [4.69, 9.17) is 26.2 Å². The van der Waals surface area contributed by atoms with Gasteiger partial charge in [0.05, 0.1) is 18.7 Å². The molecule has 0 aliphatic heterocycles. The molecule has 0 bridgehead atoms. The first-order valence-electron chi connectivity index (χ1n) is 14.5. The van der Waals surface area contributed by atoms with Crippen molar-refractivity contribution in [3.63, 3.8) is 0 Å². The first kappa shape index (κ1) is 31.7. The molecule has 7 nitrogen and oxygen atoms in total. The zero-order valence-electron chi connectivity index (χ0n) is 24.9. The van der Waals surface area contributed by atoms with E-state index in [0.29, 0.717) is 31.1 Å². The van der Waals surface area contributed by atoms with E-state index >= 15 is 0 Å². The molecule has 1 aromatic heterocycles. The van der Waals surface area contributed by atoms with E-state index in [1.807, 2.05) is 48.6 Å². The molecule has 0 unspecified atom stereocenters. The fourth-order valence-corrected chi connectivity index (χ4v) is 5.59. The average molecular weight is 604 g/mol. The number of unbranched alkanes of at least 4 members (excludes halogenated alkanes) is 1. The molecule has 0 saturated carbocycles. The number of carboxylic acid groups (broad SMARTS) is 2. The van der Waals surface area contributed by atoms with Gasteiger partial charge in [0.1, 0.15) is 18.0 Å². The Morgan fingerprint density at radius 1 is 0.860 bits per heavy atom. The summed E-state index contributed by atoms with van der Waals surface area (Å²) in [4.78, 5) is 22.6. The minimum Gasteiger partial charge on any atom is -0.494 e. The molecule has 0 saturated heterocycles. The number of carbonyl (C=O) groups is 2. The Bertz CT molecular complexity index is 1600. The van der Waals surface area contributed by atoms with Crippen molar-refractivity contribution in [2.24, 2.45) is 0 Å². The normalized spacial score (nSPS) is 11.3. The molecule has 4 rings (SSSR count). The Kier molecular flexibility index (Phi) is 10.9. The second-order valence-electron chi connectivity index (χ2n) is 10.8. The van der Waals surface area contributed by atoms with Crippen LogP contribution in [0.1, 0.15) is 59.1 Å². The van der Waals surface area contributed by atoms with Crippen LogP contribution in [0.4, 0.5) is 0 Å². The van der Waals surface area contributed by atoms with Crippen molar-refractivity contribution in [1.29, 1.82) is 0 Å². The van der Waals surface area contributed by atoms with Gasteiger partial charge in [-0.05, 0) is 93.0 Å². The summed E-state index contributed by atoms with van der Waals surface area (Å²) in [7, 11) is 0. The lowest BCUT2D eigenvalue weighted by atomic mass is 10.0. The van der Waals surface area contributed by atoms with Crippen LogP contribution in [-0.4, -0.2) is 39.9 Å². The molecule has 0 aliphatic carbocycles. The number of halogens is 1. The monoisotopic (exact) mass is 603 g/mol. The van der Waals surface area contributed by atoms with Crippen LogP contribution in [0.15, 0.2) is 54.7 Å². The molecule has 0 aliphatic rings. The minimum atomic E-state index is -0.960. The van der Waals surface area contributed by atoms with Gasteiger partial charge in [0, 0.05) is 28.6 Å². The maximum absolute atomic E-state index is 11.6. The van der Waals surface area contributed by atoms with Crippen molar-refractivity contribution in [1.82, 2.24) is 4.57 Å². The maximum atomic E-state index is 11.6. The first-order chi connectivity index (χ1) is 20.6. The SMILES string of the molecule is Cc1cc(C)c(OCCCCOc2ccc(/C=C/c3cc(Cl)cc4c(CCCC(=O)O)cn(CC(=O)O)c34)cc2)c(C)c1. The third kappa shape index (κ3) is 8.88. The lowest BCUT2D eigenvalue weighted by molar-refractivity contribution is -0.138. The molecule has 4 aromatic rings. The summed E-state index contributed by atoms with van der Waals surface area (Å²) < 4.78 is 13.6. The van der Waals surface area contributed by atoms with E-state index in [1.54, 1.807) is 10.8 Å². The largest absolute Gasteiger partial charge is 0.494 e. The highest BCUT2D eigenvalue weighted by Crippen LogP contribution is 2.31. The molecule has 0 fully saturated rings. The molecular formula is C35H38ClNO6. The number of hydrogen-bond donors (Lipinski definition) is 2. The number of fused-ring (bicyclic) bond motifs is 1. The molecule has 0 amide bonds. The zero-order chi connectivity index (χ0) is 30.9. The Morgan fingerprint density at radius 2 is 1.53 bits per heavy atom. The highest BCUT2D eigenvalue weighted by molar-refractivity contribution is 6.31. The summed E-state index contributed by atoms with van der Waals surface area (Å²) >= 11 is 6.45. The fraction of sp³-hybridized carbons (Fsp3) is 0.314. The highest BCUT2D eigenvalue weighted by atomic mass is 35.5. The van der Waals surface area contributed by atoms with Gasteiger partial charge < -0.3 is 24.3 Å². The van der Waals surface area contributed by atoms with Gasteiger partial charge in [-0.1, -0.05) is 53.6 Å². The van der Waals surface area contributed by atoms with Gasteiger partial charge in [0.15, 0.2) is 0 Å². The quantitative estimate of drug-likeness (QED) is 0.105. The number of benzene rings is 3. The van der Waals surface area contributed by atoms with Crippen molar-refractivity contribution in [2.45, 2.75) is 59.4 Å². The summed E-state index contributed by atoms with van der Waals surface area (Å²) in [6.45, 7) is 7.28. The molecule has 1 heterocycles. The number of aryl methyl sites for hydroxylation is 4. The predicted molar refractivity (Wildman–Crippen MR) is 171 cm³/mol. The number of ether oxygens (including phenoxy) is 2. The Labute approximate surface area is 257 Å². The molecule has 0 spiro atoms. The van der Waals surface area contributed by atoms with E-state index < -0.39 is 11.9 Å². The van der Waals surface area contributed by atoms with Gasteiger partial charge in [-0.15, -0.1) is 0 Å². The van der Waals surface area contributed by atoms with E-state index in [-0.39, 0.29) is 13.0 Å². The van der Waals surface area contributed by atoms with E-state index in [9.17, 15) is 14.7 Å². The van der Waals surface area contributed by atoms with Crippen molar-refractivity contribution in [3.8, 4) is 11.5 Å². The Balaban J connectivity index is 1.37. The van der Waals surface area contributed by atoms with Crippen LogP contribution in [0.3, 0.4) is 0 Å². The fourth-order valence-electron chi connectivity index (χ4n) is 5.36. The third-order valence-corrected chi connectivity index (χ3v) is 7.40. The minimum absolute atomic E-state index is 0.0422. The third-order valence-electron chi connectivity index (χ3n) is 7.19. The number of rotatable bonds is 15. The summed E-state index contributed by atoms with van der Waals surface area (Å²) in [6.07, 6.45) is 8.44. The summed E-state index contributed by atoms with van der Waals surface area (Å²) in [5.41, 5.74) is 6.94. The van der Waals surface area contributed by atoms with Gasteiger partial charge in [-0.25, -0.2) is 0 Å². The standard InChI is InChI=1S/C35H38ClNO6/c1-23-17-24(2)35(25(3)18-23)43-16-5-4-15-42-30-13-10-26(11-14-30)9-12-27-19-29(36)20-31-28(7-6-8-32(38)39)21-37(34(27)31)22-33(40)41/h9-14,17-21H,4-8,15-16,22H2,1-3H3,(H,38,39)(H,40,41)/b12-9+. The number of carboxylic acids is 2. The van der Waals surface area contributed by atoms with Crippen LogP contribution >= 0.6 is 11.6 Å².